The molecule has 0 unspecified atom stereocenters. The van der Waals surface area contributed by atoms with Gasteiger partial charge in [0.2, 0.25) is 15.9 Å². The number of sulfonamides is 1. The summed E-state index contributed by atoms with van der Waals surface area (Å²) in [5.74, 6) is -0.962. The number of amides is 1. The lowest BCUT2D eigenvalue weighted by atomic mass is 10.1. The maximum atomic E-state index is 13.2. The van der Waals surface area contributed by atoms with Crippen LogP contribution in [-0.4, -0.2) is 20.9 Å². The van der Waals surface area contributed by atoms with Gasteiger partial charge in [-0.15, -0.1) is 0 Å². The van der Waals surface area contributed by atoms with E-state index in [1.165, 1.54) is 13.0 Å². The highest BCUT2D eigenvalue weighted by Crippen LogP contribution is 2.19. The molecular weight excluding hydrogens is 331 g/mol. The second-order valence-corrected chi connectivity index (χ2v) is 7.32. The Morgan fingerprint density at radius 2 is 1.67 bits per heavy atom. The van der Waals surface area contributed by atoms with Gasteiger partial charge in [0, 0.05) is 5.69 Å². The number of nitrogens with one attached hydrogen (secondary N) is 2. The first kappa shape index (κ1) is 18.1. The first-order chi connectivity index (χ1) is 11.2. The molecule has 0 aromatic heterocycles. The van der Waals surface area contributed by atoms with Crippen molar-refractivity contribution in [3.05, 3.63) is 58.9 Å². The quantitative estimate of drug-likeness (QED) is 0.870. The molecule has 2 aromatic rings. The number of hydrogen-bond acceptors (Lipinski definition) is 3. The Labute approximate surface area is 141 Å². The van der Waals surface area contributed by atoms with Crippen molar-refractivity contribution < 1.29 is 17.6 Å². The van der Waals surface area contributed by atoms with Crippen LogP contribution in [0.1, 0.15) is 16.7 Å². The van der Waals surface area contributed by atoms with Crippen molar-refractivity contribution in [2.45, 2.75) is 25.7 Å². The highest BCUT2D eigenvalue weighted by Gasteiger charge is 2.17. The van der Waals surface area contributed by atoms with Crippen LogP contribution in [0.4, 0.5) is 10.1 Å². The minimum atomic E-state index is -3.88. The Morgan fingerprint density at radius 3 is 2.25 bits per heavy atom. The molecule has 0 spiro atoms. The van der Waals surface area contributed by atoms with E-state index in [0.717, 1.165) is 23.3 Å². The number of halogens is 1. The van der Waals surface area contributed by atoms with Gasteiger partial charge in [-0.1, -0.05) is 18.2 Å². The molecule has 0 aliphatic heterocycles. The van der Waals surface area contributed by atoms with Crippen molar-refractivity contribution in [1.29, 1.82) is 0 Å². The summed E-state index contributed by atoms with van der Waals surface area (Å²) in [5.41, 5.74) is 2.66. The number of para-hydroxylation sites is 1. The normalized spacial score (nSPS) is 11.3. The Morgan fingerprint density at radius 1 is 1.04 bits per heavy atom. The highest BCUT2D eigenvalue weighted by molar-refractivity contribution is 7.89. The molecule has 0 aliphatic rings. The van der Waals surface area contributed by atoms with E-state index in [2.05, 4.69) is 10.0 Å². The smallest absolute Gasteiger partial charge is 0.241 e. The predicted molar refractivity (Wildman–Crippen MR) is 90.9 cm³/mol. The van der Waals surface area contributed by atoms with Crippen molar-refractivity contribution in [2.75, 3.05) is 11.9 Å². The molecule has 5 nitrogen and oxygen atoms in total. The summed E-state index contributed by atoms with van der Waals surface area (Å²) in [6.07, 6.45) is 0. The van der Waals surface area contributed by atoms with Crippen LogP contribution < -0.4 is 10.0 Å². The van der Waals surface area contributed by atoms with Crippen LogP contribution >= 0.6 is 0 Å². The summed E-state index contributed by atoms with van der Waals surface area (Å²) in [6, 6.07) is 9.05. The van der Waals surface area contributed by atoms with Crippen LogP contribution in [0.25, 0.3) is 0 Å². The average molecular weight is 350 g/mol. The number of aryl methyl sites for hydroxylation is 3. The first-order valence-electron chi connectivity index (χ1n) is 7.32. The van der Waals surface area contributed by atoms with Gasteiger partial charge in [-0.2, -0.15) is 0 Å². The number of hydrogen-bond donors (Lipinski definition) is 2. The van der Waals surface area contributed by atoms with Crippen molar-refractivity contribution in [3.8, 4) is 0 Å². The van der Waals surface area contributed by atoms with E-state index >= 15 is 0 Å². The minimum Gasteiger partial charge on any atom is -0.324 e. The third kappa shape index (κ3) is 4.18. The van der Waals surface area contributed by atoms with Gasteiger partial charge in [-0.05, 0) is 55.7 Å². The maximum absolute atomic E-state index is 13.2. The molecule has 0 atom stereocenters. The number of benzene rings is 2. The molecule has 1 amide bonds. The lowest BCUT2D eigenvalue weighted by molar-refractivity contribution is -0.115. The van der Waals surface area contributed by atoms with E-state index in [4.69, 9.17) is 0 Å². The maximum Gasteiger partial charge on any atom is 0.241 e. The molecule has 2 N–H and O–H groups in total. The molecule has 2 rings (SSSR count). The van der Waals surface area contributed by atoms with E-state index in [1.807, 2.05) is 32.0 Å². The summed E-state index contributed by atoms with van der Waals surface area (Å²) in [6.45, 7) is 4.77. The fourth-order valence-electron chi connectivity index (χ4n) is 2.22. The summed E-state index contributed by atoms with van der Waals surface area (Å²) in [5, 5.41) is 2.70. The van der Waals surface area contributed by atoms with E-state index in [-0.39, 0.29) is 10.5 Å². The molecular formula is C17H19FN2O3S. The molecule has 2 aromatic carbocycles. The lowest BCUT2D eigenvalue weighted by Gasteiger charge is -2.12. The second-order valence-electron chi connectivity index (χ2n) is 5.55. The van der Waals surface area contributed by atoms with Gasteiger partial charge in [0.1, 0.15) is 5.82 Å². The fraction of sp³-hybridized carbons (Fsp3) is 0.235. The lowest BCUT2D eigenvalue weighted by Crippen LogP contribution is -2.33. The van der Waals surface area contributed by atoms with E-state index in [9.17, 15) is 17.6 Å². The molecule has 0 fully saturated rings. The molecule has 128 valence electrons. The minimum absolute atomic E-state index is 0.0822. The molecule has 0 bridgehead atoms. The number of anilines is 1. The van der Waals surface area contributed by atoms with Crippen LogP contribution in [0, 0.1) is 26.6 Å². The largest absolute Gasteiger partial charge is 0.324 e. The molecule has 7 heteroatoms. The summed E-state index contributed by atoms with van der Waals surface area (Å²) < 4.78 is 39.8. The number of carbonyl (C=O) groups is 1. The molecule has 24 heavy (non-hydrogen) atoms. The van der Waals surface area contributed by atoms with E-state index in [1.54, 1.807) is 0 Å². The third-order valence-electron chi connectivity index (χ3n) is 3.61. The molecule has 0 saturated heterocycles. The van der Waals surface area contributed by atoms with Gasteiger partial charge in [0.25, 0.3) is 0 Å². The zero-order valence-corrected chi connectivity index (χ0v) is 14.5. The predicted octanol–water partition coefficient (Wildman–Crippen LogP) is 2.67. The molecule has 0 aliphatic carbocycles. The average Bonchev–Trinajstić information content (AvgIpc) is 2.52. The number of carbonyl (C=O) groups excluding carboxylic acids is 1. The second kappa shape index (κ2) is 7.11. The zero-order chi connectivity index (χ0) is 17.9. The summed E-state index contributed by atoms with van der Waals surface area (Å²) in [4.78, 5) is 11.9. The monoisotopic (exact) mass is 350 g/mol. The zero-order valence-electron chi connectivity index (χ0n) is 13.7. The third-order valence-corrected chi connectivity index (χ3v) is 5.01. The van der Waals surface area contributed by atoms with Crippen molar-refractivity contribution in [2.24, 2.45) is 0 Å². The van der Waals surface area contributed by atoms with Gasteiger partial charge in [0.15, 0.2) is 0 Å². The summed E-state index contributed by atoms with van der Waals surface area (Å²) in [7, 11) is -3.88. The van der Waals surface area contributed by atoms with Crippen LogP contribution in [-0.2, 0) is 14.8 Å². The van der Waals surface area contributed by atoms with Gasteiger partial charge < -0.3 is 5.32 Å². The van der Waals surface area contributed by atoms with Crippen molar-refractivity contribution in [1.82, 2.24) is 4.72 Å². The van der Waals surface area contributed by atoms with Crippen molar-refractivity contribution in [3.63, 3.8) is 0 Å². The van der Waals surface area contributed by atoms with E-state index < -0.39 is 28.3 Å². The SMILES string of the molecule is Cc1cc(S(=O)(=O)NCC(=O)Nc2c(C)cccc2C)ccc1F. The van der Waals surface area contributed by atoms with E-state index in [0.29, 0.717) is 5.69 Å². The fourth-order valence-corrected chi connectivity index (χ4v) is 3.29. The van der Waals surface area contributed by atoms with Gasteiger partial charge in [-0.25, -0.2) is 17.5 Å². The Hall–Kier alpha value is -2.25. The Balaban J connectivity index is 2.06. The van der Waals surface area contributed by atoms with Gasteiger partial charge in [0.05, 0.1) is 11.4 Å². The Bertz CT molecular complexity index is 859. The molecule has 0 heterocycles. The Kier molecular flexibility index (Phi) is 5.36. The first-order valence-corrected chi connectivity index (χ1v) is 8.81. The molecule has 0 radical (unpaired) electrons. The van der Waals surface area contributed by atoms with Crippen molar-refractivity contribution >= 4 is 21.6 Å². The van der Waals surface area contributed by atoms with Crippen LogP contribution in [0.15, 0.2) is 41.3 Å². The van der Waals surface area contributed by atoms with Crippen LogP contribution in [0.5, 0.6) is 0 Å². The standard InChI is InChI=1S/C17H19FN2O3S/c1-11-5-4-6-12(2)17(11)20-16(21)10-19-24(22,23)14-7-8-15(18)13(3)9-14/h4-9,19H,10H2,1-3H3,(H,20,21). The number of rotatable bonds is 5. The summed E-state index contributed by atoms with van der Waals surface area (Å²) >= 11 is 0. The van der Waals surface area contributed by atoms with Gasteiger partial charge in [-0.3, -0.25) is 4.79 Å². The topological polar surface area (TPSA) is 75.3 Å². The van der Waals surface area contributed by atoms with Crippen LogP contribution in [0.2, 0.25) is 0 Å². The van der Waals surface area contributed by atoms with Crippen LogP contribution in [0.3, 0.4) is 0 Å². The van der Waals surface area contributed by atoms with Gasteiger partial charge >= 0.3 is 0 Å². The highest BCUT2D eigenvalue weighted by atomic mass is 32.2. The molecule has 0 saturated carbocycles.